The van der Waals surface area contributed by atoms with Gasteiger partial charge in [-0.1, -0.05) is 82.9 Å². The van der Waals surface area contributed by atoms with Crippen LogP contribution in [0.3, 0.4) is 0 Å². The van der Waals surface area contributed by atoms with Gasteiger partial charge >= 0.3 is 0 Å². The minimum Gasteiger partial charge on any atom is -0.352 e. The third-order valence-electron chi connectivity index (χ3n) is 5.21. The normalized spacial score (nSPS) is 10.9. The molecule has 29 heavy (non-hydrogen) atoms. The van der Waals surface area contributed by atoms with E-state index < -0.39 is 0 Å². The Hall–Kier alpha value is -1.65. The average Bonchev–Trinajstić information content (AvgIpc) is 3.25. The SMILES string of the molecule is CCCCCCCCCCCCNC(=O)c1cccc(CNCc2cccs2)c1. The van der Waals surface area contributed by atoms with Crippen molar-refractivity contribution in [3.8, 4) is 0 Å². The van der Waals surface area contributed by atoms with E-state index in [9.17, 15) is 4.79 Å². The number of benzene rings is 1. The molecule has 0 radical (unpaired) electrons. The second-order valence-corrected chi connectivity index (χ2v) is 8.85. The number of hydrogen-bond acceptors (Lipinski definition) is 3. The van der Waals surface area contributed by atoms with E-state index >= 15 is 0 Å². The molecule has 0 aliphatic heterocycles. The molecule has 0 bridgehead atoms. The zero-order chi connectivity index (χ0) is 20.6. The maximum atomic E-state index is 12.4. The van der Waals surface area contributed by atoms with Crippen LogP contribution >= 0.6 is 11.3 Å². The Balaban J connectivity index is 1.53. The number of carbonyl (C=O) groups excluding carboxylic acids is 1. The van der Waals surface area contributed by atoms with E-state index in [1.807, 2.05) is 18.2 Å². The fourth-order valence-electron chi connectivity index (χ4n) is 3.48. The van der Waals surface area contributed by atoms with Crippen molar-refractivity contribution in [2.24, 2.45) is 0 Å². The summed E-state index contributed by atoms with van der Waals surface area (Å²) in [6, 6.07) is 12.1. The Kier molecular flexibility index (Phi) is 12.4. The topological polar surface area (TPSA) is 41.1 Å². The van der Waals surface area contributed by atoms with Crippen LogP contribution in [0.4, 0.5) is 0 Å². The minimum atomic E-state index is 0.0426. The number of carbonyl (C=O) groups is 1. The van der Waals surface area contributed by atoms with Gasteiger partial charge in [-0.15, -0.1) is 11.3 Å². The van der Waals surface area contributed by atoms with Crippen LogP contribution in [-0.2, 0) is 13.1 Å². The van der Waals surface area contributed by atoms with Gasteiger partial charge in [0.1, 0.15) is 0 Å². The summed E-state index contributed by atoms with van der Waals surface area (Å²) < 4.78 is 0. The first-order valence-electron chi connectivity index (χ1n) is 11.4. The standard InChI is InChI=1S/C25H38N2OS/c1-2-3-4-5-6-7-8-9-10-11-17-27-25(28)23-15-12-14-22(19-23)20-26-21-24-16-13-18-29-24/h12-16,18-19,26H,2-11,17,20-21H2,1H3,(H,27,28). The summed E-state index contributed by atoms with van der Waals surface area (Å²) in [5, 5.41) is 8.61. The monoisotopic (exact) mass is 414 g/mol. The van der Waals surface area contributed by atoms with Crippen LogP contribution in [0.5, 0.6) is 0 Å². The maximum Gasteiger partial charge on any atom is 0.251 e. The van der Waals surface area contributed by atoms with E-state index in [1.165, 1.54) is 62.7 Å². The van der Waals surface area contributed by atoms with Crippen LogP contribution in [0.2, 0.25) is 0 Å². The van der Waals surface area contributed by atoms with Crippen LogP contribution < -0.4 is 10.6 Å². The first kappa shape index (κ1) is 23.6. The van der Waals surface area contributed by atoms with Crippen molar-refractivity contribution in [3.63, 3.8) is 0 Å². The van der Waals surface area contributed by atoms with Gasteiger partial charge in [-0.2, -0.15) is 0 Å². The number of nitrogens with one attached hydrogen (secondary N) is 2. The fraction of sp³-hybridized carbons (Fsp3) is 0.560. The second-order valence-electron chi connectivity index (χ2n) is 7.82. The Bertz CT molecular complexity index is 669. The Morgan fingerprint density at radius 2 is 1.59 bits per heavy atom. The number of unbranched alkanes of at least 4 members (excludes halogenated alkanes) is 9. The summed E-state index contributed by atoms with van der Waals surface area (Å²) in [7, 11) is 0. The summed E-state index contributed by atoms with van der Waals surface area (Å²) in [6.45, 7) is 4.68. The van der Waals surface area contributed by atoms with Crippen LogP contribution in [0.25, 0.3) is 0 Å². The lowest BCUT2D eigenvalue weighted by molar-refractivity contribution is 0.0953. The number of rotatable bonds is 16. The highest BCUT2D eigenvalue weighted by atomic mass is 32.1. The van der Waals surface area contributed by atoms with E-state index in [-0.39, 0.29) is 5.91 Å². The molecular formula is C25H38N2OS. The molecule has 0 fully saturated rings. The van der Waals surface area contributed by atoms with Gasteiger partial charge in [0.2, 0.25) is 0 Å². The second kappa shape index (κ2) is 15.2. The molecule has 0 aliphatic carbocycles. The third-order valence-corrected chi connectivity index (χ3v) is 6.09. The predicted octanol–water partition coefficient (Wildman–Crippen LogP) is 6.69. The molecule has 3 nitrogen and oxygen atoms in total. The first-order valence-corrected chi connectivity index (χ1v) is 12.3. The highest BCUT2D eigenvalue weighted by molar-refractivity contribution is 7.09. The molecular weight excluding hydrogens is 376 g/mol. The summed E-state index contributed by atoms with van der Waals surface area (Å²) in [6.07, 6.45) is 13.2. The van der Waals surface area contributed by atoms with Gasteiger partial charge in [0, 0.05) is 30.1 Å². The maximum absolute atomic E-state index is 12.4. The minimum absolute atomic E-state index is 0.0426. The van der Waals surface area contributed by atoms with Crippen LogP contribution in [0, 0.1) is 0 Å². The van der Waals surface area contributed by atoms with Crippen LogP contribution in [0.1, 0.15) is 91.9 Å². The number of amides is 1. The molecule has 1 amide bonds. The summed E-state index contributed by atoms with van der Waals surface area (Å²) in [5.41, 5.74) is 1.90. The number of hydrogen-bond donors (Lipinski definition) is 2. The van der Waals surface area contributed by atoms with Gasteiger partial charge in [-0.25, -0.2) is 0 Å². The van der Waals surface area contributed by atoms with Gasteiger partial charge < -0.3 is 10.6 Å². The molecule has 1 aromatic carbocycles. The molecule has 0 atom stereocenters. The molecule has 0 aliphatic rings. The number of thiophene rings is 1. The van der Waals surface area contributed by atoms with Crippen molar-refractivity contribution in [1.29, 1.82) is 0 Å². The van der Waals surface area contributed by atoms with E-state index in [1.54, 1.807) is 11.3 Å². The first-order chi connectivity index (χ1) is 14.3. The van der Waals surface area contributed by atoms with Gasteiger partial charge in [-0.3, -0.25) is 4.79 Å². The molecule has 1 heterocycles. The van der Waals surface area contributed by atoms with Gasteiger partial charge in [0.25, 0.3) is 5.91 Å². The van der Waals surface area contributed by atoms with Crippen molar-refractivity contribution < 1.29 is 4.79 Å². The van der Waals surface area contributed by atoms with Crippen molar-refractivity contribution in [1.82, 2.24) is 10.6 Å². The smallest absolute Gasteiger partial charge is 0.251 e. The molecule has 2 rings (SSSR count). The van der Waals surface area contributed by atoms with E-state index in [0.717, 1.165) is 37.2 Å². The summed E-state index contributed by atoms with van der Waals surface area (Å²) in [4.78, 5) is 13.7. The molecule has 0 saturated heterocycles. The molecule has 2 aromatic rings. The van der Waals surface area contributed by atoms with Crippen molar-refractivity contribution in [2.75, 3.05) is 6.54 Å². The predicted molar refractivity (Wildman–Crippen MR) is 125 cm³/mol. The average molecular weight is 415 g/mol. The zero-order valence-electron chi connectivity index (χ0n) is 18.1. The highest BCUT2D eigenvalue weighted by Gasteiger charge is 2.05. The molecule has 0 unspecified atom stereocenters. The lowest BCUT2D eigenvalue weighted by atomic mass is 10.1. The quantitative estimate of drug-likeness (QED) is 0.300. The Morgan fingerprint density at radius 1 is 0.862 bits per heavy atom. The van der Waals surface area contributed by atoms with Crippen molar-refractivity contribution >= 4 is 17.2 Å². The molecule has 0 saturated carbocycles. The summed E-state index contributed by atoms with van der Waals surface area (Å²) in [5.74, 6) is 0.0426. The molecule has 0 spiro atoms. The van der Waals surface area contributed by atoms with E-state index in [2.05, 4.69) is 41.1 Å². The molecule has 2 N–H and O–H groups in total. The lowest BCUT2D eigenvalue weighted by Crippen LogP contribution is -2.24. The zero-order valence-corrected chi connectivity index (χ0v) is 18.9. The molecule has 160 valence electrons. The fourth-order valence-corrected chi connectivity index (χ4v) is 4.16. The molecule has 4 heteroatoms. The largest absolute Gasteiger partial charge is 0.352 e. The third kappa shape index (κ3) is 10.6. The van der Waals surface area contributed by atoms with E-state index in [4.69, 9.17) is 0 Å². The van der Waals surface area contributed by atoms with Gasteiger partial charge in [0.05, 0.1) is 0 Å². The van der Waals surface area contributed by atoms with Gasteiger partial charge in [-0.05, 0) is 35.6 Å². The van der Waals surface area contributed by atoms with Crippen LogP contribution in [-0.4, -0.2) is 12.5 Å². The van der Waals surface area contributed by atoms with Crippen molar-refractivity contribution in [2.45, 2.75) is 84.2 Å². The summed E-state index contributed by atoms with van der Waals surface area (Å²) >= 11 is 1.76. The van der Waals surface area contributed by atoms with Gasteiger partial charge in [0.15, 0.2) is 0 Å². The molecule has 1 aromatic heterocycles. The van der Waals surface area contributed by atoms with E-state index in [0.29, 0.717) is 0 Å². The Morgan fingerprint density at radius 3 is 2.28 bits per heavy atom. The van der Waals surface area contributed by atoms with Crippen molar-refractivity contribution in [3.05, 3.63) is 57.8 Å². The highest BCUT2D eigenvalue weighted by Crippen LogP contribution is 2.11. The Labute approximate surface area is 181 Å². The van der Waals surface area contributed by atoms with Crippen LogP contribution in [0.15, 0.2) is 41.8 Å². The lowest BCUT2D eigenvalue weighted by Gasteiger charge is -2.08.